The van der Waals surface area contributed by atoms with Crippen LogP contribution in [0, 0.1) is 0 Å². The second kappa shape index (κ2) is 8.58. The number of thiophene rings is 1. The van der Waals surface area contributed by atoms with Gasteiger partial charge in [0, 0.05) is 37.4 Å². The van der Waals surface area contributed by atoms with E-state index in [2.05, 4.69) is 0 Å². The van der Waals surface area contributed by atoms with Crippen molar-refractivity contribution in [3.05, 3.63) is 11.4 Å². The fraction of sp³-hybridized carbons (Fsp3) is 0.667. The molecule has 1 aromatic rings. The van der Waals surface area contributed by atoms with Crippen LogP contribution in [0.2, 0.25) is 0 Å². The second-order valence-electron chi connectivity index (χ2n) is 4.00. The van der Waals surface area contributed by atoms with Crippen LogP contribution in [0.4, 0.5) is 5.69 Å². The van der Waals surface area contributed by atoms with Gasteiger partial charge in [-0.1, -0.05) is 0 Å². The summed E-state index contributed by atoms with van der Waals surface area (Å²) < 4.78 is 37.1. The molecular weight excluding hydrogens is 300 g/mol. The number of nitrogens with zero attached hydrogens (tertiary/aromatic N) is 1. The van der Waals surface area contributed by atoms with Crippen LogP contribution in [0.25, 0.3) is 0 Å². The average Bonchev–Trinajstić information content (AvgIpc) is 2.84. The van der Waals surface area contributed by atoms with Crippen molar-refractivity contribution in [3.8, 4) is 0 Å². The summed E-state index contributed by atoms with van der Waals surface area (Å²) in [7, 11) is -3.53. The SMILES string of the molecule is CCOCCN(CCOCC)S(=O)(=O)c1cc(N)cs1. The van der Waals surface area contributed by atoms with E-state index in [1.54, 1.807) is 5.38 Å². The van der Waals surface area contributed by atoms with E-state index in [1.165, 1.54) is 10.4 Å². The quantitative estimate of drug-likeness (QED) is 0.658. The highest BCUT2D eigenvalue weighted by Gasteiger charge is 2.25. The normalized spacial score (nSPS) is 12.2. The molecule has 0 atom stereocenters. The Hall–Kier alpha value is -0.670. The number of nitrogen functional groups attached to an aromatic ring is 1. The van der Waals surface area contributed by atoms with Crippen molar-refractivity contribution in [2.75, 3.05) is 45.3 Å². The number of ether oxygens (including phenoxy) is 2. The van der Waals surface area contributed by atoms with Crippen LogP contribution < -0.4 is 5.73 Å². The van der Waals surface area contributed by atoms with E-state index < -0.39 is 10.0 Å². The summed E-state index contributed by atoms with van der Waals surface area (Å²) in [4.78, 5) is 0. The van der Waals surface area contributed by atoms with Crippen molar-refractivity contribution in [2.24, 2.45) is 0 Å². The van der Waals surface area contributed by atoms with Gasteiger partial charge in [0.15, 0.2) is 0 Å². The minimum Gasteiger partial charge on any atom is -0.398 e. The first-order valence-corrected chi connectivity index (χ1v) is 8.84. The smallest absolute Gasteiger partial charge is 0.252 e. The molecule has 116 valence electrons. The first kappa shape index (κ1) is 17.4. The maximum Gasteiger partial charge on any atom is 0.252 e. The third-order valence-electron chi connectivity index (χ3n) is 2.57. The van der Waals surface area contributed by atoms with Gasteiger partial charge in [0.2, 0.25) is 0 Å². The summed E-state index contributed by atoms with van der Waals surface area (Å²) in [5.74, 6) is 0. The van der Waals surface area contributed by atoms with Gasteiger partial charge in [-0.05, 0) is 19.9 Å². The van der Waals surface area contributed by atoms with Crippen molar-refractivity contribution in [2.45, 2.75) is 18.1 Å². The largest absolute Gasteiger partial charge is 0.398 e. The van der Waals surface area contributed by atoms with E-state index in [4.69, 9.17) is 15.2 Å². The zero-order valence-electron chi connectivity index (χ0n) is 11.9. The number of anilines is 1. The maximum absolute atomic E-state index is 12.5. The fourth-order valence-corrected chi connectivity index (χ4v) is 4.21. The van der Waals surface area contributed by atoms with Crippen LogP contribution in [0.3, 0.4) is 0 Å². The summed E-state index contributed by atoms with van der Waals surface area (Å²) in [6, 6.07) is 1.48. The Bertz CT molecular complexity index is 477. The highest BCUT2D eigenvalue weighted by Crippen LogP contribution is 2.24. The summed E-state index contributed by atoms with van der Waals surface area (Å²) in [5.41, 5.74) is 6.06. The van der Waals surface area contributed by atoms with Crippen LogP contribution in [-0.4, -0.2) is 52.2 Å². The van der Waals surface area contributed by atoms with E-state index in [0.29, 0.717) is 45.2 Å². The van der Waals surface area contributed by atoms with Gasteiger partial charge in [-0.25, -0.2) is 8.42 Å². The molecule has 6 nitrogen and oxygen atoms in total. The average molecular weight is 322 g/mol. The third-order valence-corrected chi connectivity index (χ3v) is 5.90. The molecule has 1 aromatic heterocycles. The van der Waals surface area contributed by atoms with Crippen molar-refractivity contribution < 1.29 is 17.9 Å². The predicted octanol–water partition coefficient (Wildman–Crippen LogP) is 1.39. The molecule has 0 aliphatic carbocycles. The van der Waals surface area contributed by atoms with Gasteiger partial charge in [-0.2, -0.15) is 4.31 Å². The van der Waals surface area contributed by atoms with Crippen LogP contribution >= 0.6 is 11.3 Å². The Kier molecular flexibility index (Phi) is 7.46. The van der Waals surface area contributed by atoms with Gasteiger partial charge < -0.3 is 15.2 Å². The molecule has 0 spiro atoms. The van der Waals surface area contributed by atoms with E-state index in [1.807, 2.05) is 13.8 Å². The molecule has 0 aliphatic rings. The maximum atomic E-state index is 12.5. The molecule has 0 fully saturated rings. The molecule has 20 heavy (non-hydrogen) atoms. The number of sulfonamides is 1. The molecule has 0 aliphatic heterocycles. The van der Waals surface area contributed by atoms with Crippen LogP contribution in [0.15, 0.2) is 15.7 Å². The van der Waals surface area contributed by atoms with E-state index in [-0.39, 0.29) is 4.21 Å². The molecule has 0 bridgehead atoms. The fourth-order valence-electron chi connectivity index (χ4n) is 1.57. The minimum absolute atomic E-state index is 0.253. The van der Waals surface area contributed by atoms with E-state index >= 15 is 0 Å². The Balaban J connectivity index is 2.78. The molecule has 0 radical (unpaired) electrons. The monoisotopic (exact) mass is 322 g/mol. The van der Waals surface area contributed by atoms with Gasteiger partial charge in [0.25, 0.3) is 10.0 Å². The highest BCUT2D eigenvalue weighted by molar-refractivity contribution is 7.91. The van der Waals surface area contributed by atoms with E-state index in [9.17, 15) is 8.42 Å². The number of rotatable bonds is 10. The van der Waals surface area contributed by atoms with Crippen molar-refractivity contribution in [1.29, 1.82) is 0 Å². The molecule has 8 heteroatoms. The van der Waals surface area contributed by atoms with Gasteiger partial charge in [0.05, 0.1) is 13.2 Å². The Morgan fingerprint density at radius 1 is 1.20 bits per heavy atom. The Morgan fingerprint density at radius 2 is 1.75 bits per heavy atom. The Labute approximate surface area is 124 Å². The lowest BCUT2D eigenvalue weighted by atomic mass is 10.6. The molecule has 0 saturated heterocycles. The lowest BCUT2D eigenvalue weighted by molar-refractivity contribution is 0.110. The van der Waals surface area contributed by atoms with Crippen LogP contribution in [-0.2, 0) is 19.5 Å². The summed E-state index contributed by atoms with van der Waals surface area (Å²) in [6.07, 6.45) is 0. The Morgan fingerprint density at radius 3 is 2.15 bits per heavy atom. The zero-order valence-corrected chi connectivity index (χ0v) is 13.5. The number of hydrogen-bond acceptors (Lipinski definition) is 6. The number of nitrogens with two attached hydrogens (primary N) is 1. The lowest BCUT2D eigenvalue weighted by Crippen LogP contribution is -2.36. The van der Waals surface area contributed by atoms with Gasteiger partial charge in [-0.15, -0.1) is 11.3 Å². The predicted molar refractivity (Wildman–Crippen MR) is 80.5 cm³/mol. The summed E-state index contributed by atoms with van der Waals surface area (Å²) in [5, 5.41) is 1.62. The summed E-state index contributed by atoms with van der Waals surface area (Å²) >= 11 is 1.13. The molecule has 0 aromatic carbocycles. The molecule has 1 heterocycles. The van der Waals surface area contributed by atoms with Crippen LogP contribution in [0.1, 0.15) is 13.8 Å². The van der Waals surface area contributed by atoms with Gasteiger partial charge in [-0.3, -0.25) is 0 Å². The number of hydrogen-bond donors (Lipinski definition) is 1. The highest BCUT2D eigenvalue weighted by atomic mass is 32.2. The third kappa shape index (κ3) is 5.02. The zero-order chi connectivity index (χ0) is 15.0. The lowest BCUT2D eigenvalue weighted by Gasteiger charge is -2.21. The van der Waals surface area contributed by atoms with E-state index in [0.717, 1.165) is 11.3 Å². The molecule has 1 rings (SSSR count). The topological polar surface area (TPSA) is 81.9 Å². The first-order chi connectivity index (χ1) is 9.52. The van der Waals surface area contributed by atoms with Crippen molar-refractivity contribution in [1.82, 2.24) is 4.31 Å². The van der Waals surface area contributed by atoms with Crippen molar-refractivity contribution >= 4 is 27.0 Å². The second-order valence-corrected chi connectivity index (χ2v) is 7.07. The minimum atomic E-state index is -3.53. The van der Waals surface area contributed by atoms with Crippen molar-refractivity contribution in [3.63, 3.8) is 0 Å². The standard InChI is InChI=1S/C12H22N2O4S2/c1-3-17-7-5-14(6-8-18-4-2)20(15,16)12-9-11(13)10-19-12/h9-10H,3-8,13H2,1-2H3. The first-order valence-electron chi connectivity index (χ1n) is 6.52. The molecule has 0 unspecified atom stereocenters. The molecule has 0 saturated carbocycles. The van der Waals surface area contributed by atoms with Gasteiger partial charge in [0.1, 0.15) is 4.21 Å². The molecule has 2 N–H and O–H groups in total. The molecule has 0 amide bonds. The molecular formula is C12H22N2O4S2. The van der Waals surface area contributed by atoms with Crippen LogP contribution in [0.5, 0.6) is 0 Å². The summed E-state index contributed by atoms with van der Waals surface area (Å²) in [6.45, 7) is 6.21. The van der Waals surface area contributed by atoms with Gasteiger partial charge >= 0.3 is 0 Å².